The number of methoxy groups -OCH3 is 1. The molecule has 0 aliphatic rings. The molecule has 2 rings (SSSR count). The molecule has 0 saturated carbocycles. The van der Waals surface area contributed by atoms with Crippen LogP contribution in [-0.2, 0) is 6.54 Å². The average Bonchev–Trinajstić information content (AvgIpc) is 2.55. The molecule has 0 radical (unpaired) electrons. The van der Waals surface area contributed by atoms with E-state index in [1.165, 1.54) is 30.2 Å². The predicted octanol–water partition coefficient (Wildman–Crippen LogP) is 3.27. The highest BCUT2D eigenvalue weighted by molar-refractivity contribution is 5.91. The van der Waals surface area contributed by atoms with Gasteiger partial charge in [0.1, 0.15) is 5.75 Å². The van der Waals surface area contributed by atoms with Gasteiger partial charge in [-0.3, -0.25) is 10.1 Å². The minimum atomic E-state index is -0.518. The molecule has 23 heavy (non-hydrogen) atoms. The molecule has 0 aromatic heterocycles. The van der Waals surface area contributed by atoms with Crippen molar-refractivity contribution < 1.29 is 14.5 Å². The van der Waals surface area contributed by atoms with E-state index in [-0.39, 0.29) is 17.5 Å². The first-order valence-electron chi connectivity index (χ1n) is 6.89. The molecule has 0 unspecified atom stereocenters. The van der Waals surface area contributed by atoms with Crippen LogP contribution in [0.3, 0.4) is 0 Å². The number of anilines is 1. The standard InChI is InChI=1S/C16H17N3O4/c1-18(11-12-6-4-3-5-7-12)16(20)17-14-9-8-13(19(21)22)10-15(14)23-2/h3-10H,11H2,1-2H3,(H,17,20). The topological polar surface area (TPSA) is 84.7 Å². The van der Waals surface area contributed by atoms with Crippen molar-refractivity contribution in [3.8, 4) is 5.75 Å². The lowest BCUT2D eigenvalue weighted by atomic mass is 10.2. The number of carbonyl (C=O) groups excluding carboxylic acids is 1. The van der Waals surface area contributed by atoms with Crippen LogP contribution in [-0.4, -0.2) is 30.0 Å². The van der Waals surface area contributed by atoms with E-state index in [0.29, 0.717) is 12.2 Å². The van der Waals surface area contributed by atoms with E-state index in [1.807, 2.05) is 30.3 Å². The summed E-state index contributed by atoms with van der Waals surface area (Å²) < 4.78 is 5.10. The zero-order chi connectivity index (χ0) is 16.8. The molecule has 7 heteroatoms. The molecule has 2 aromatic rings. The second kappa shape index (κ2) is 7.26. The van der Waals surface area contributed by atoms with Crippen LogP contribution in [0.2, 0.25) is 0 Å². The van der Waals surface area contributed by atoms with E-state index in [0.717, 1.165) is 5.56 Å². The van der Waals surface area contributed by atoms with Gasteiger partial charge in [-0.2, -0.15) is 0 Å². The van der Waals surface area contributed by atoms with Crippen molar-refractivity contribution >= 4 is 17.4 Å². The van der Waals surface area contributed by atoms with Crippen molar-refractivity contribution in [3.63, 3.8) is 0 Å². The highest BCUT2D eigenvalue weighted by Gasteiger charge is 2.15. The molecule has 0 saturated heterocycles. The van der Waals surface area contributed by atoms with Gasteiger partial charge in [0.05, 0.1) is 23.8 Å². The second-order valence-electron chi connectivity index (χ2n) is 4.91. The van der Waals surface area contributed by atoms with Crippen molar-refractivity contribution in [2.24, 2.45) is 0 Å². The van der Waals surface area contributed by atoms with Crippen LogP contribution in [0.25, 0.3) is 0 Å². The quantitative estimate of drug-likeness (QED) is 0.678. The van der Waals surface area contributed by atoms with E-state index < -0.39 is 4.92 Å². The molecular formula is C16H17N3O4. The van der Waals surface area contributed by atoms with E-state index in [2.05, 4.69) is 5.32 Å². The van der Waals surface area contributed by atoms with Gasteiger partial charge in [-0.1, -0.05) is 30.3 Å². The number of hydrogen-bond acceptors (Lipinski definition) is 4. The fourth-order valence-electron chi connectivity index (χ4n) is 2.04. The fraction of sp³-hybridized carbons (Fsp3) is 0.188. The lowest BCUT2D eigenvalue weighted by Gasteiger charge is -2.19. The third-order valence-corrected chi connectivity index (χ3v) is 3.25. The van der Waals surface area contributed by atoms with Crippen LogP contribution in [0.1, 0.15) is 5.56 Å². The number of nitrogens with zero attached hydrogens (tertiary/aromatic N) is 2. The Bertz CT molecular complexity index is 704. The number of nitro benzene ring substituents is 1. The molecule has 0 atom stereocenters. The molecule has 2 amide bonds. The van der Waals surface area contributed by atoms with Crippen molar-refractivity contribution in [2.75, 3.05) is 19.5 Å². The molecule has 7 nitrogen and oxygen atoms in total. The maximum Gasteiger partial charge on any atom is 0.321 e. The predicted molar refractivity (Wildman–Crippen MR) is 86.6 cm³/mol. The van der Waals surface area contributed by atoms with Gasteiger partial charge in [0.25, 0.3) is 5.69 Å². The number of non-ortho nitro benzene ring substituents is 1. The highest BCUT2D eigenvalue weighted by atomic mass is 16.6. The van der Waals surface area contributed by atoms with Gasteiger partial charge in [0.2, 0.25) is 0 Å². The Morgan fingerprint density at radius 3 is 2.57 bits per heavy atom. The van der Waals surface area contributed by atoms with Crippen LogP contribution in [0.4, 0.5) is 16.2 Å². The van der Waals surface area contributed by atoms with Crippen LogP contribution < -0.4 is 10.1 Å². The number of benzene rings is 2. The number of urea groups is 1. The zero-order valence-corrected chi connectivity index (χ0v) is 12.9. The zero-order valence-electron chi connectivity index (χ0n) is 12.9. The molecule has 0 heterocycles. The number of amides is 2. The molecular weight excluding hydrogens is 298 g/mol. The molecule has 0 fully saturated rings. The molecule has 1 N–H and O–H groups in total. The van der Waals surface area contributed by atoms with Crippen molar-refractivity contribution in [1.82, 2.24) is 4.90 Å². The normalized spacial score (nSPS) is 10.0. The third kappa shape index (κ3) is 4.19. The Kier molecular flexibility index (Phi) is 5.14. The van der Waals surface area contributed by atoms with Gasteiger partial charge >= 0.3 is 6.03 Å². The third-order valence-electron chi connectivity index (χ3n) is 3.25. The van der Waals surface area contributed by atoms with Gasteiger partial charge in [-0.15, -0.1) is 0 Å². The summed E-state index contributed by atoms with van der Waals surface area (Å²) in [6.45, 7) is 0.446. The molecule has 0 aliphatic carbocycles. The lowest BCUT2D eigenvalue weighted by Crippen LogP contribution is -2.30. The lowest BCUT2D eigenvalue weighted by molar-refractivity contribution is -0.384. The Morgan fingerprint density at radius 1 is 1.26 bits per heavy atom. The molecule has 0 aliphatic heterocycles. The average molecular weight is 315 g/mol. The van der Waals surface area contributed by atoms with Gasteiger partial charge < -0.3 is 15.0 Å². The van der Waals surface area contributed by atoms with E-state index in [4.69, 9.17) is 4.74 Å². The van der Waals surface area contributed by atoms with Gasteiger partial charge in [0.15, 0.2) is 0 Å². The number of hydrogen-bond donors (Lipinski definition) is 1. The van der Waals surface area contributed by atoms with E-state index in [9.17, 15) is 14.9 Å². The minimum absolute atomic E-state index is 0.0995. The molecule has 120 valence electrons. The number of rotatable bonds is 5. The Hall–Kier alpha value is -3.09. The van der Waals surface area contributed by atoms with Crippen molar-refractivity contribution in [2.45, 2.75) is 6.54 Å². The summed E-state index contributed by atoms with van der Waals surface area (Å²) >= 11 is 0. The van der Waals surface area contributed by atoms with Gasteiger partial charge in [-0.05, 0) is 11.6 Å². The van der Waals surface area contributed by atoms with Crippen LogP contribution in [0.5, 0.6) is 5.75 Å². The number of carbonyl (C=O) groups is 1. The minimum Gasteiger partial charge on any atom is -0.494 e. The first-order valence-corrected chi connectivity index (χ1v) is 6.89. The fourth-order valence-corrected chi connectivity index (χ4v) is 2.04. The highest BCUT2D eigenvalue weighted by Crippen LogP contribution is 2.29. The van der Waals surface area contributed by atoms with Crippen molar-refractivity contribution in [3.05, 3.63) is 64.2 Å². The number of ether oxygens (including phenoxy) is 1. The van der Waals surface area contributed by atoms with E-state index >= 15 is 0 Å². The summed E-state index contributed by atoms with van der Waals surface area (Å²) in [5.41, 5.74) is 1.28. The largest absolute Gasteiger partial charge is 0.494 e. The Morgan fingerprint density at radius 2 is 1.96 bits per heavy atom. The Balaban J connectivity index is 2.08. The molecule has 0 spiro atoms. The van der Waals surface area contributed by atoms with Crippen molar-refractivity contribution in [1.29, 1.82) is 0 Å². The molecule has 0 bridgehead atoms. The summed E-state index contributed by atoms with van der Waals surface area (Å²) in [6, 6.07) is 13.3. The smallest absolute Gasteiger partial charge is 0.321 e. The summed E-state index contributed by atoms with van der Waals surface area (Å²) in [5.74, 6) is 0.237. The van der Waals surface area contributed by atoms with Gasteiger partial charge in [-0.25, -0.2) is 4.79 Å². The summed E-state index contributed by atoms with van der Waals surface area (Å²) in [6.07, 6.45) is 0. The second-order valence-corrected chi connectivity index (χ2v) is 4.91. The van der Waals surface area contributed by atoms with Crippen LogP contribution in [0.15, 0.2) is 48.5 Å². The summed E-state index contributed by atoms with van der Waals surface area (Å²) in [5, 5.41) is 13.5. The SMILES string of the molecule is COc1cc([N+](=O)[O-])ccc1NC(=O)N(C)Cc1ccccc1. The summed E-state index contributed by atoms with van der Waals surface area (Å²) in [4.78, 5) is 24.0. The number of nitro groups is 1. The van der Waals surface area contributed by atoms with Crippen LogP contribution in [0, 0.1) is 10.1 Å². The monoisotopic (exact) mass is 315 g/mol. The van der Waals surface area contributed by atoms with E-state index in [1.54, 1.807) is 7.05 Å². The van der Waals surface area contributed by atoms with Gasteiger partial charge in [0, 0.05) is 19.7 Å². The molecule has 2 aromatic carbocycles. The first kappa shape index (κ1) is 16.3. The number of nitrogens with one attached hydrogen (secondary N) is 1. The Labute approximate surface area is 133 Å². The van der Waals surface area contributed by atoms with Crippen LogP contribution >= 0.6 is 0 Å². The maximum atomic E-state index is 12.2. The summed E-state index contributed by atoms with van der Waals surface area (Å²) in [7, 11) is 3.06. The first-order chi connectivity index (χ1) is 11.0. The maximum absolute atomic E-state index is 12.2.